The van der Waals surface area contributed by atoms with Crippen molar-refractivity contribution in [1.82, 2.24) is 0 Å². The molecule has 110 valence electrons. The number of carboxylic acids is 1. The van der Waals surface area contributed by atoms with Gasteiger partial charge in [0.1, 0.15) is 5.75 Å². The molecule has 0 spiro atoms. The van der Waals surface area contributed by atoms with Gasteiger partial charge >= 0.3 is 5.97 Å². The summed E-state index contributed by atoms with van der Waals surface area (Å²) in [6.45, 7) is 0. The van der Waals surface area contributed by atoms with Crippen LogP contribution in [0.4, 0.5) is 0 Å². The molecule has 2 rings (SSSR count). The molecule has 0 aliphatic rings. The van der Waals surface area contributed by atoms with Crippen molar-refractivity contribution >= 4 is 40.8 Å². The molecule has 0 saturated heterocycles. The second-order valence-electron chi connectivity index (χ2n) is 4.34. The molecule has 0 bridgehead atoms. The van der Waals surface area contributed by atoms with Crippen molar-refractivity contribution in [2.24, 2.45) is 0 Å². The van der Waals surface area contributed by atoms with Crippen LogP contribution in [0.1, 0.15) is 5.56 Å². The monoisotopic (exact) mass is 344 g/mol. The fourth-order valence-corrected chi connectivity index (χ4v) is 2.36. The van der Waals surface area contributed by atoms with Crippen LogP contribution in [-0.4, -0.2) is 17.2 Å². The van der Waals surface area contributed by atoms with Gasteiger partial charge in [-0.2, -0.15) is 0 Å². The highest BCUT2D eigenvalue weighted by molar-refractivity contribution is 6.35. The lowest BCUT2D eigenvalue weighted by Gasteiger charge is -2.16. The van der Waals surface area contributed by atoms with E-state index in [2.05, 4.69) is 0 Å². The zero-order valence-electron chi connectivity index (χ0n) is 10.7. The largest absolute Gasteiger partial charge is 0.478 e. The third kappa shape index (κ3) is 4.53. The molecule has 0 radical (unpaired) electrons. The quantitative estimate of drug-likeness (QED) is 0.852. The second-order valence-corrected chi connectivity index (χ2v) is 5.62. The molecular weight excluding hydrogens is 335 g/mol. The molecule has 2 aromatic carbocycles. The van der Waals surface area contributed by atoms with Gasteiger partial charge in [0.2, 0.25) is 0 Å². The number of carboxylic acid groups (broad SMARTS) is 1. The maximum absolute atomic E-state index is 11.3. The summed E-state index contributed by atoms with van der Waals surface area (Å²) in [7, 11) is 0. The van der Waals surface area contributed by atoms with Gasteiger partial charge in [-0.25, -0.2) is 4.79 Å². The highest BCUT2D eigenvalue weighted by atomic mass is 35.5. The minimum absolute atomic E-state index is 0.133. The molecule has 2 aromatic rings. The predicted octanol–water partition coefficient (Wildman–Crippen LogP) is 4.72. The molecule has 0 saturated carbocycles. The highest BCUT2D eigenvalue weighted by Crippen LogP contribution is 2.24. The van der Waals surface area contributed by atoms with Crippen LogP contribution in [0.3, 0.4) is 0 Å². The molecule has 3 nitrogen and oxygen atoms in total. The average Bonchev–Trinajstić information content (AvgIpc) is 2.43. The summed E-state index contributed by atoms with van der Waals surface area (Å²) in [4.78, 5) is 11.3. The highest BCUT2D eigenvalue weighted by Gasteiger charge is 2.21. The van der Waals surface area contributed by atoms with Crippen molar-refractivity contribution < 1.29 is 14.6 Å². The average molecular weight is 346 g/mol. The van der Waals surface area contributed by atoms with Crippen molar-refractivity contribution in [2.45, 2.75) is 12.5 Å². The first kappa shape index (κ1) is 16.0. The molecule has 21 heavy (non-hydrogen) atoms. The van der Waals surface area contributed by atoms with E-state index in [1.165, 1.54) is 0 Å². The fraction of sp³-hybridized carbons (Fsp3) is 0.133. The number of rotatable bonds is 5. The van der Waals surface area contributed by atoms with E-state index < -0.39 is 12.1 Å². The van der Waals surface area contributed by atoms with E-state index in [-0.39, 0.29) is 6.42 Å². The number of hydrogen-bond acceptors (Lipinski definition) is 2. The number of aliphatic carboxylic acids is 1. The number of carbonyl (C=O) groups is 1. The Kier molecular flexibility index (Phi) is 5.34. The first-order valence-corrected chi connectivity index (χ1v) is 7.18. The molecule has 0 aliphatic heterocycles. The van der Waals surface area contributed by atoms with Crippen molar-refractivity contribution in [1.29, 1.82) is 0 Å². The van der Waals surface area contributed by atoms with E-state index in [1.807, 2.05) is 0 Å². The first-order chi connectivity index (χ1) is 9.95. The van der Waals surface area contributed by atoms with E-state index in [0.29, 0.717) is 26.4 Å². The Labute approximate surface area is 137 Å². The van der Waals surface area contributed by atoms with Crippen molar-refractivity contribution in [2.75, 3.05) is 0 Å². The van der Waals surface area contributed by atoms with Crippen LogP contribution in [0.5, 0.6) is 5.75 Å². The molecule has 0 aromatic heterocycles. The second kappa shape index (κ2) is 7.03. The SMILES string of the molecule is O=C(O)C(Cc1ccc(Cl)cc1Cl)Oc1ccc(Cl)cc1. The summed E-state index contributed by atoms with van der Waals surface area (Å²) in [6.07, 6.45) is -0.918. The molecule has 0 amide bonds. The van der Waals surface area contributed by atoms with E-state index in [4.69, 9.17) is 39.5 Å². The molecule has 0 aliphatic carbocycles. The molecule has 1 N–H and O–H groups in total. The van der Waals surface area contributed by atoms with Crippen LogP contribution in [0.2, 0.25) is 15.1 Å². The van der Waals surface area contributed by atoms with Gasteiger partial charge in [0.25, 0.3) is 0 Å². The van der Waals surface area contributed by atoms with Gasteiger partial charge < -0.3 is 9.84 Å². The van der Waals surface area contributed by atoms with Crippen LogP contribution in [0.15, 0.2) is 42.5 Å². The molecule has 6 heteroatoms. The van der Waals surface area contributed by atoms with Gasteiger partial charge in [0.05, 0.1) is 0 Å². The third-order valence-corrected chi connectivity index (χ3v) is 3.63. The summed E-state index contributed by atoms with van der Waals surface area (Å²) in [6, 6.07) is 11.4. The minimum atomic E-state index is -1.07. The van der Waals surface area contributed by atoms with Gasteiger partial charge in [-0.15, -0.1) is 0 Å². The van der Waals surface area contributed by atoms with Crippen LogP contribution in [0.25, 0.3) is 0 Å². The zero-order valence-corrected chi connectivity index (χ0v) is 13.0. The lowest BCUT2D eigenvalue weighted by molar-refractivity contribution is -0.145. The molecule has 1 unspecified atom stereocenters. The first-order valence-electron chi connectivity index (χ1n) is 6.04. The molecule has 0 heterocycles. The van der Waals surface area contributed by atoms with Crippen LogP contribution in [-0.2, 0) is 11.2 Å². The van der Waals surface area contributed by atoms with E-state index >= 15 is 0 Å². The maximum Gasteiger partial charge on any atom is 0.345 e. The topological polar surface area (TPSA) is 46.5 Å². The Bertz CT molecular complexity index is 641. The summed E-state index contributed by atoms with van der Waals surface area (Å²) in [5, 5.41) is 10.7. The van der Waals surface area contributed by atoms with E-state index in [1.54, 1.807) is 42.5 Å². The maximum atomic E-state index is 11.3. The van der Waals surface area contributed by atoms with Crippen molar-refractivity contribution in [3.8, 4) is 5.75 Å². The van der Waals surface area contributed by atoms with Gasteiger partial charge in [-0.3, -0.25) is 0 Å². The molecule has 0 fully saturated rings. The molecule has 1 atom stereocenters. The van der Waals surface area contributed by atoms with Crippen LogP contribution in [0, 0.1) is 0 Å². The van der Waals surface area contributed by atoms with E-state index in [9.17, 15) is 9.90 Å². The van der Waals surface area contributed by atoms with E-state index in [0.717, 1.165) is 0 Å². The third-order valence-electron chi connectivity index (χ3n) is 2.79. The molecular formula is C15H11Cl3O3. The van der Waals surface area contributed by atoms with Gasteiger partial charge in [-0.05, 0) is 42.0 Å². The standard InChI is InChI=1S/C15H11Cl3O3/c16-10-3-5-12(6-4-10)21-14(15(19)20)7-9-1-2-11(17)8-13(9)18/h1-6,8,14H,7H2,(H,19,20). The Morgan fingerprint density at radius 3 is 2.24 bits per heavy atom. The predicted molar refractivity (Wildman–Crippen MR) is 83.7 cm³/mol. The zero-order chi connectivity index (χ0) is 15.4. The van der Waals surface area contributed by atoms with Crippen molar-refractivity contribution in [3.05, 3.63) is 63.1 Å². The summed E-state index contributed by atoms with van der Waals surface area (Å²) >= 11 is 17.6. The van der Waals surface area contributed by atoms with Gasteiger partial charge in [0, 0.05) is 21.5 Å². The number of hydrogen-bond donors (Lipinski definition) is 1. The lowest BCUT2D eigenvalue weighted by atomic mass is 10.1. The van der Waals surface area contributed by atoms with Crippen LogP contribution < -0.4 is 4.74 Å². The summed E-state index contributed by atoms with van der Waals surface area (Å²) in [5.41, 5.74) is 0.655. The van der Waals surface area contributed by atoms with Crippen molar-refractivity contribution in [3.63, 3.8) is 0 Å². The summed E-state index contributed by atoms with van der Waals surface area (Å²) < 4.78 is 5.47. The smallest absolute Gasteiger partial charge is 0.345 e. The number of ether oxygens (including phenoxy) is 1. The Balaban J connectivity index is 2.15. The lowest BCUT2D eigenvalue weighted by Crippen LogP contribution is -2.29. The summed E-state index contributed by atoms with van der Waals surface area (Å²) in [5.74, 6) is -0.646. The van der Waals surface area contributed by atoms with Gasteiger partial charge in [0.15, 0.2) is 6.10 Å². The number of halogens is 3. The normalized spacial score (nSPS) is 12.0. The Morgan fingerprint density at radius 2 is 1.67 bits per heavy atom. The fourth-order valence-electron chi connectivity index (χ4n) is 1.74. The van der Waals surface area contributed by atoms with Gasteiger partial charge in [-0.1, -0.05) is 40.9 Å². The Hall–Kier alpha value is -1.42. The number of benzene rings is 2. The Morgan fingerprint density at radius 1 is 1.05 bits per heavy atom. The van der Waals surface area contributed by atoms with Crippen LogP contribution >= 0.6 is 34.8 Å². The minimum Gasteiger partial charge on any atom is -0.478 e.